The number of thioether (sulfide) groups is 1. The van der Waals surface area contributed by atoms with Crippen LogP contribution >= 0.6 is 36.6 Å². The predicted molar refractivity (Wildman–Crippen MR) is 111 cm³/mol. The van der Waals surface area contributed by atoms with Crippen molar-refractivity contribution in [1.82, 2.24) is 15.2 Å². The number of hydrogen-bond donors (Lipinski definition) is 3. The molecule has 4 N–H and O–H groups in total. The summed E-state index contributed by atoms with van der Waals surface area (Å²) in [6, 6.07) is 7.57. The van der Waals surface area contributed by atoms with Gasteiger partial charge in [-0.05, 0) is 18.1 Å². The number of H-pyrrole nitrogens is 1. The zero-order valence-corrected chi connectivity index (χ0v) is 16.5. The van der Waals surface area contributed by atoms with Crippen LogP contribution in [0.3, 0.4) is 0 Å². The van der Waals surface area contributed by atoms with E-state index in [1.54, 1.807) is 0 Å². The Balaban J connectivity index is 0.00000156. The maximum atomic E-state index is 12.2. The highest BCUT2D eigenvalue weighted by Gasteiger charge is 2.16. The van der Waals surface area contributed by atoms with Gasteiger partial charge in [-0.15, -0.1) is 24.8 Å². The zero-order chi connectivity index (χ0) is 16.1. The van der Waals surface area contributed by atoms with Crippen LogP contribution in [0.15, 0.2) is 30.5 Å². The summed E-state index contributed by atoms with van der Waals surface area (Å²) in [7, 11) is 0. The molecule has 0 saturated carbocycles. The summed E-state index contributed by atoms with van der Waals surface area (Å²) in [6.45, 7) is 3.81. The summed E-state index contributed by atoms with van der Waals surface area (Å²) >= 11 is 1.99. The number of nitrogens with two attached hydrogens (primary N) is 1. The van der Waals surface area contributed by atoms with E-state index in [-0.39, 0.29) is 30.7 Å². The maximum Gasteiger partial charge on any atom is 0.237 e. The van der Waals surface area contributed by atoms with Gasteiger partial charge in [-0.1, -0.05) is 18.2 Å². The highest BCUT2D eigenvalue weighted by Crippen LogP contribution is 2.18. The molecule has 2 heterocycles. The fourth-order valence-electron chi connectivity index (χ4n) is 2.92. The van der Waals surface area contributed by atoms with Crippen LogP contribution < -0.4 is 11.1 Å². The molecule has 1 aliphatic rings. The molecule has 25 heavy (non-hydrogen) atoms. The van der Waals surface area contributed by atoms with E-state index in [4.69, 9.17) is 5.73 Å². The number of benzene rings is 1. The molecule has 1 saturated heterocycles. The van der Waals surface area contributed by atoms with E-state index < -0.39 is 6.04 Å². The number of amides is 1. The van der Waals surface area contributed by atoms with Gasteiger partial charge in [0.1, 0.15) is 0 Å². The average Bonchev–Trinajstić information content (AvgIpc) is 2.99. The number of halogens is 2. The minimum atomic E-state index is -0.508. The number of hydrogen-bond acceptors (Lipinski definition) is 4. The summed E-state index contributed by atoms with van der Waals surface area (Å²) < 4.78 is 0. The van der Waals surface area contributed by atoms with Gasteiger partial charge in [0.15, 0.2) is 0 Å². The minimum absolute atomic E-state index is 0. The van der Waals surface area contributed by atoms with E-state index in [9.17, 15) is 4.79 Å². The first kappa shape index (κ1) is 22.1. The van der Waals surface area contributed by atoms with Crippen molar-refractivity contribution in [3.8, 4) is 0 Å². The van der Waals surface area contributed by atoms with Crippen molar-refractivity contribution in [2.75, 3.05) is 37.7 Å². The van der Waals surface area contributed by atoms with Crippen LogP contribution in [0.4, 0.5) is 0 Å². The summed E-state index contributed by atoms with van der Waals surface area (Å²) in [5.74, 6) is 2.31. The molecule has 0 spiro atoms. The lowest BCUT2D eigenvalue weighted by Gasteiger charge is -2.26. The molecule has 1 fully saturated rings. The lowest BCUT2D eigenvalue weighted by atomic mass is 10.1. The number of nitrogens with zero attached hydrogens (tertiary/aromatic N) is 1. The molecule has 3 rings (SSSR count). The molecule has 8 heteroatoms. The monoisotopic (exact) mass is 404 g/mol. The summed E-state index contributed by atoms with van der Waals surface area (Å²) in [4.78, 5) is 17.8. The van der Waals surface area contributed by atoms with E-state index in [1.807, 2.05) is 36.2 Å². The highest BCUT2D eigenvalue weighted by molar-refractivity contribution is 7.99. The summed E-state index contributed by atoms with van der Waals surface area (Å²) in [5.41, 5.74) is 8.25. The Morgan fingerprint density at radius 2 is 2.00 bits per heavy atom. The summed E-state index contributed by atoms with van der Waals surface area (Å²) in [6.07, 6.45) is 2.50. The molecular weight excluding hydrogens is 379 g/mol. The Morgan fingerprint density at radius 1 is 1.28 bits per heavy atom. The number of carbonyl (C=O) groups excluding carboxylic acids is 1. The molecule has 1 amide bonds. The number of aromatic nitrogens is 1. The van der Waals surface area contributed by atoms with Gasteiger partial charge < -0.3 is 16.0 Å². The Labute approximate surface area is 165 Å². The van der Waals surface area contributed by atoms with Crippen LogP contribution in [0.2, 0.25) is 0 Å². The van der Waals surface area contributed by atoms with Gasteiger partial charge in [0.25, 0.3) is 0 Å². The average molecular weight is 405 g/mol. The molecule has 1 aromatic carbocycles. The van der Waals surface area contributed by atoms with Crippen molar-refractivity contribution in [3.05, 3.63) is 36.0 Å². The van der Waals surface area contributed by atoms with E-state index in [0.717, 1.165) is 36.1 Å². The van der Waals surface area contributed by atoms with Crippen LogP contribution in [0.1, 0.15) is 5.56 Å². The number of rotatable bonds is 6. The molecule has 5 nitrogen and oxygen atoms in total. The molecule has 0 unspecified atom stereocenters. The molecule has 140 valence electrons. The first-order valence-corrected chi connectivity index (χ1v) is 9.28. The highest BCUT2D eigenvalue weighted by atomic mass is 35.5. The smallest absolute Gasteiger partial charge is 0.237 e. The van der Waals surface area contributed by atoms with Crippen LogP contribution in [-0.4, -0.2) is 59.5 Å². The van der Waals surface area contributed by atoms with Crippen molar-refractivity contribution < 1.29 is 4.79 Å². The lowest BCUT2D eigenvalue weighted by Crippen LogP contribution is -2.45. The quantitative estimate of drug-likeness (QED) is 0.688. The number of para-hydroxylation sites is 1. The first-order chi connectivity index (χ1) is 11.2. The maximum absolute atomic E-state index is 12.2. The van der Waals surface area contributed by atoms with Gasteiger partial charge in [0.05, 0.1) is 6.04 Å². The normalized spacial score (nSPS) is 15.9. The summed E-state index contributed by atoms with van der Waals surface area (Å²) in [5, 5.41) is 4.11. The third-order valence-electron chi connectivity index (χ3n) is 4.28. The van der Waals surface area contributed by atoms with Gasteiger partial charge in [-0.25, -0.2) is 0 Å². The second-order valence-corrected chi connectivity index (χ2v) is 7.14. The van der Waals surface area contributed by atoms with E-state index >= 15 is 0 Å². The molecule has 2 aromatic rings. The van der Waals surface area contributed by atoms with Gasteiger partial charge in [0.2, 0.25) is 5.91 Å². The molecule has 1 atom stereocenters. The minimum Gasteiger partial charge on any atom is -0.361 e. The number of carbonyl (C=O) groups is 1. The Bertz CT molecular complexity index is 661. The molecule has 0 bridgehead atoms. The van der Waals surface area contributed by atoms with Crippen molar-refractivity contribution in [2.24, 2.45) is 5.73 Å². The standard InChI is InChI=1S/C17H24N4OS.2ClH/c18-15(11-13-12-20-16-4-2-1-3-14(13)16)17(22)19-5-6-21-7-9-23-10-8-21;;/h1-4,12,15,20H,5-11,18H2,(H,19,22);2*1H/t15-;;/m0../s1. The fourth-order valence-corrected chi connectivity index (χ4v) is 3.90. The Morgan fingerprint density at radius 3 is 2.76 bits per heavy atom. The van der Waals surface area contributed by atoms with Crippen LogP contribution in [0, 0.1) is 0 Å². The van der Waals surface area contributed by atoms with E-state index in [2.05, 4.69) is 21.3 Å². The van der Waals surface area contributed by atoms with Gasteiger partial charge in [-0.3, -0.25) is 9.69 Å². The van der Waals surface area contributed by atoms with E-state index in [1.165, 1.54) is 11.5 Å². The van der Waals surface area contributed by atoms with Crippen LogP contribution in [-0.2, 0) is 11.2 Å². The molecule has 0 radical (unpaired) electrons. The van der Waals surface area contributed by atoms with Gasteiger partial charge in [0, 0.05) is 54.8 Å². The third kappa shape index (κ3) is 6.08. The van der Waals surface area contributed by atoms with Crippen LogP contribution in [0.5, 0.6) is 0 Å². The van der Waals surface area contributed by atoms with E-state index in [0.29, 0.717) is 13.0 Å². The Kier molecular flexibility index (Phi) is 9.67. The third-order valence-corrected chi connectivity index (χ3v) is 5.22. The van der Waals surface area contributed by atoms with Gasteiger partial charge in [-0.2, -0.15) is 11.8 Å². The van der Waals surface area contributed by atoms with Crippen molar-refractivity contribution >= 4 is 53.4 Å². The number of nitrogens with one attached hydrogen (secondary N) is 2. The fraction of sp³-hybridized carbons (Fsp3) is 0.471. The topological polar surface area (TPSA) is 74.1 Å². The zero-order valence-electron chi connectivity index (χ0n) is 14.1. The number of aromatic amines is 1. The number of fused-ring (bicyclic) bond motifs is 1. The van der Waals surface area contributed by atoms with Crippen LogP contribution in [0.25, 0.3) is 10.9 Å². The molecule has 1 aliphatic heterocycles. The second-order valence-electron chi connectivity index (χ2n) is 5.92. The predicted octanol–water partition coefficient (Wildman–Crippen LogP) is 2.05. The second kappa shape index (κ2) is 10.9. The molecular formula is C17H26Cl2N4OS. The largest absolute Gasteiger partial charge is 0.361 e. The van der Waals surface area contributed by atoms with Crippen molar-refractivity contribution in [3.63, 3.8) is 0 Å². The molecule has 1 aromatic heterocycles. The van der Waals surface area contributed by atoms with Gasteiger partial charge >= 0.3 is 0 Å². The van der Waals surface area contributed by atoms with Crippen molar-refractivity contribution in [1.29, 1.82) is 0 Å². The molecule has 0 aliphatic carbocycles. The lowest BCUT2D eigenvalue weighted by molar-refractivity contribution is -0.122. The SMILES string of the molecule is Cl.Cl.N[C@@H](Cc1c[nH]c2ccccc12)C(=O)NCCN1CCSCC1. The first-order valence-electron chi connectivity index (χ1n) is 8.12. The van der Waals surface area contributed by atoms with Crippen molar-refractivity contribution in [2.45, 2.75) is 12.5 Å². The Hall–Kier alpha value is -0.920.